The van der Waals surface area contributed by atoms with Gasteiger partial charge in [0.25, 0.3) is 0 Å². The van der Waals surface area contributed by atoms with Gasteiger partial charge < -0.3 is 38.4 Å². The van der Waals surface area contributed by atoms with Gasteiger partial charge in [-0.25, -0.2) is 4.79 Å². The van der Waals surface area contributed by atoms with Crippen LogP contribution in [-0.2, 0) is 38.8 Å². The fraction of sp³-hybridized carbons (Fsp3) is 0.395. The molecule has 0 aliphatic carbocycles. The standard InChI is InChI=1S/C43H51N3O7/c1-44(28-32-11-6-4-7-12-32)42(47)27-36-26-38(35-16-18-37(50-3)19-17-35)41(29-46(36)43(48)53-30-33-13-8-5-9-14-33)52-31-34-15-20-40-39(25-34)45(22-24-51-40)21-10-23-49-2/h4-9,11-20,25,36,38,41H,10,21-24,26-31H2,1-3H3/t36-,38+,41-/m0/s1. The zero-order valence-corrected chi connectivity index (χ0v) is 31.0. The predicted molar refractivity (Wildman–Crippen MR) is 204 cm³/mol. The minimum absolute atomic E-state index is 0.0427. The average Bonchev–Trinajstić information content (AvgIpc) is 3.20. The van der Waals surface area contributed by atoms with E-state index in [0.29, 0.717) is 32.8 Å². The number of nitrogens with zero attached hydrogens (tertiary/aromatic N) is 3. The number of methoxy groups -OCH3 is 2. The molecule has 4 aromatic carbocycles. The van der Waals surface area contributed by atoms with Crippen LogP contribution in [0.25, 0.3) is 0 Å². The SMILES string of the molecule is COCCCN1CCOc2ccc(CO[C@H]3CN(C(=O)OCc4ccccc4)[C@H](CC(=O)N(C)Cc4ccccc4)C[C@@H]3c3ccc(OC)cc3)cc21. The van der Waals surface area contributed by atoms with Gasteiger partial charge in [-0.05, 0) is 59.4 Å². The molecule has 1 saturated heterocycles. The number of ether oxygens (including phenoxy) is 5. The third-order valence-corrected chi connectivity index (χ3v) is 10.1. The molecule has 3 atom stereocenters. The van der Waals surface area contributed by atoms with Crippen LogP contribution < -0.4 is 14.4 Å². The summed E-state index contributed by atoms with van der Waals surface area (Å²) in [5.74, 6) is 1.48. The van der Waals surface area contributed by atoms with Gasteiger partial charge in [-0.3, -0.25) is 4.79 Å². The van der Waals surface area contributed by atoms with E-state index in [2.05, 4.69) is 23.1 Å². The number of fused-ring (bicyclic) bond motifs is 1. The molecule has 1 fully saturated rings. The quantitative estimate of drug-likeness (QED) is 0.121. The van der Waals surface area contributed by atoms with Gasteiger partial charge in [-0.15, -0.1) is 0 Å². The van der Waals surface area contributed by atoms with Crippen molar-refractivity contribution in [3.05, 3.63) is 125 Å². The maximum Gasteiger partial charge on any atom is 0.410 e. The molecule has 0 aromatic heterocycles. The number of hydrogen-bond donors (Lipinski definition) is 0. The molecule has 10 nitrogen and oxygen atoms in total. The van der Waals surface area contributed by atoms with Crippen LogP contribution in [0.1, 0.15) is 47.4 Å². The number of carbonyl (C=O) groups excluding carboxylic acids is 2. The van der Waals surface area contributed by atoms with E-state index in [1.54, 1.807) is 24.0 Å². The van der Waals surface area contributed by atoms with E-state index in [9.17, 15) is 9.59 Å². The van der Waals surface area contributed by atoms with Crippen molar-refractivity contribution in [3.63, 3.8) is 0 Å². The minimum Gasteiger partial charge on any atom is -0.497 e. The summed E-state index contributed by atoms with van der Waals surface area (Å²) >= 11 is 0. The Balaban J connectivity index is 1.24. The number of hydrogen-bond acceptors (Lipinski definition) is 8. The van der Waals surface area contributed by atoms with Crippen LogP contribution in [0.2, 0.25) is 0 Å². The lowest BCUT2D eigenvalue weighted by atomic mass is 9.82. The van der Waals surface area contributed by atoms with Crippen molar-refractivity contribution < 1.29 is 33.3 Å². The van der Waals surface area contributed by atoms with Gasteiger partial charge in [0.1, 0.15) is 24.7 Å². The molecule has 2 aliphatic heterocycles. The first kappa shape index (κ1) is 37.7. The molecule has 0 N–H and O–H groups in total. The Kier molecular flexibility index (Phi) is 13.2. The van der Waals surface area contributed by atoms with Gasteiger partial charge in [0, 0.05) is 52.2 Å². The van der Waals surface area contributed by atoms with Crippen LogP contribution >= 0.6 is 0 Å². The van der Waals surface area contributed by atoms with Gasteiger partial charge >= 0.3 is 6.09 Å². The molecule has 2 heterocycles. The number of piperidine rings is 1. The first-order valence-electron chi connectivity index (χ1n) is 18.4. The van der Waals surface area contributed by atoms with E-state index in [4.69, 9.17) is 23.7 Å². The molecule has 0 bridgehead atoms. The summed E-state index contributed by atoms with van der Waals surface area (Å²) in [5, 5.41) is 0. The number of anilines is 1. The molecule has 0 radical (unpaired) electrons. The van der Waals surface area contributed by atoms with Crippen LogP contribution in [0.15, 0.2) is 103 Å². The summed E-state index contributed by atoms with van der Waals surface area (Å²) in [6, 6.07) is 33.3. The van der Waals surface area contributed by atoms with Crippen molar-refractivity contribution in [1.82, 2.24) is 9.80 Å². The number of carbonyl (C=O) groups is 2. The highest BCUT2D eigenvalue weighted by molar-refractivity contribution is 5.78. The highest BCUT2D eigenvalue weighted by atomic mass is 16.6. The van der Waals surface area contributed by atoms with Gasteiger partial charge in [-0.1, -0.05) is 78.9 Å². The lowest BCUT2D eigenvalue weighted by molar-refractivity contribution is -0.132. The smallest absolute Gasteiger partial charge is 0.410 e. The lowest BCUT2D eigenvalue weighted by Crippen LogP contribution is -2.53. The Morgan fingerprint density at radius 3 is 2.32 bits per heavy atom. The lowest BCUT2D eigenvalue weighted by Gasteiger charge is -2.43. The molecule has 2 amide bonds. The molecule has 4 aromatic rings. The molecular weight excluding hydrogens is 670 g/mol. The molecule has 280 valence electrons. The van der Waals surface area contributed by atoms with Crippen LogP contribution in [0.4, 0.5) is 10.5 Å². The van der Waals surface area contributed by atoms with Crippen LogP contribution in [0, 0.1) is 0 Å². The van der Waals surface area contributed by atoms with E-state index >= 15 is 0 Å². The van der Waals surface area contributed by atoms with Crippen molar-refractivity contribution >= 4 is 17.7 Å². The molecular formula is C43H51N3O7. The normalized spacial score (nSPS) is 18.1. The van der Waals surface area contributed by atoms with Gasteiger partial charge in [-0.2, -0.15) is 0 Å². The topological polar surface area (TPSA) is 90.0 Å². The minimum atomic E-state index is -0.461. The summed E-state index contributed by atoms with van der Waals surface area (Å²) in [6.45, 7) is 4.24. The van der Waals surface area contributed by atoms with Crippen molar-refractivity contribution in [2.75, 3.05) is 59.0 Å². The Labute approximate surface area is 313 Å². The number of benzene rings is 4. The van der Waals surface area contributed by atoms with Crippen molar-refractivity contribution in [3.8, 4) is 11.5 Å². The molecule has 53 heavy (non-hydrogen) atoms. The zero-order chi connectivity index (χ0) is 37.0. The third kappa shape index (κ3) is 10.1. The highest BCUT2D eigenvalue weighted by Crippen LogP contribution is 2.38. The second-order valence-corrected chi connectivity index (χ2v) is 13.7. The fourth-order valence-electron chi connectivity index (χ4n) is 7.18. The van der Waals surface area contributed by atoms with E-state index in [1.165, 1.54) is 0 Å². The Bertz CT molecular complexity index is 1760. The average molecular weight is 722 g/mol. The van der Waals surface area contributed by atoms with E-state index < -0.39 is 12.1 Å². The van der Waals surface area contributed by atoms with Crippen LogP contribution in [-0.4, -0.2) is 88.1 Å². The number of rotatable bonds is 15. The Morgan fingerprint density at radius 2 is 1.60 bits per heavy atom. The molecule has 0 unspecified atom stereocenters. The maximum absolute atomic E-state index is 14.0. The van der Waals surface area contributed by atoms with Crippen LogP contribution in [0.5, 0.6) is 11.5 Å². The summed E-state index contributed by atoms with van der Waals surface area (Å²) in [6.07, 6.45) is 0.771. The fourth-order valence-corrected chi connectivity index (χ4v) is 7.18. The van der Waals surface area contributed by atoms with Crippen molar-refractivity contribution in [1.29, 1.82) is 0 Å². The molecule has 0 saturated carbocycles. The van der Waals surface area contributed by atoms with Gasteiger partial charge in [0.2, 0.25) is 5.91 Å². The number of likely N-dealkylation sites (tertiary alicyclic amines) is 1. The zero-order valence-electron chi connectivity index (χ0n) is 31.0. The summed E-state index contributed by atoms with van der Waals surface area (Å²) < 4.78 is 29.4. The summed E-state index contributed by atoms with van der Waals surface area (Å²) in [7, 11) is 5.18. The maximum atomic E-state index is 14.0. The Hall–Kier alpha value is -5.06. The first-order valence-corrected chi connectivity index (χ1v) is 18.4. The van der Waals surface area contributed by atoms with Crippen molar-refractivity contribution in [2.45, 2.75) is 57.1 Å². The predicted octanol–water partition coefficient (Wildman–Crippen LogP) is 7.06. The second-order valence-electron chi connectivity index (χ2n) is 13.7. The second kappa shape index (κ2) is 18.6. The first-order chi connectivity index (χ1) is 25.9. The largest absolute Gasteiger partial charge is 0.497 e. The Morgan fingerprint density at radius 1 is 0.868 bits per heavy atom. The van der Waals surface area contributed by atoms with E-state index in [-0.39, 0.29) is 37.5 Å². The molecule has 2 aliphatic rings. The van der Waals surface area contributed by atoms with E-state index in [1.807, 2.05) is 92.0 Å². The molecule has 0 spiro atoms. The molecule has 10 heteroatoms. The highest BCUT2D eigenvalue weighted by Gasteiger charge is 2.41. The van der Waals surface area contributed by atoms with Crippen molar-refractivity contribution in [2.24, 2.45) is 0 Å². The summed E-state index contributed by atoms with van der Waals surface area (Å²) in [5.41, 5.74) is 5.06. The monoisotopic (exact) mass is 721 g/mol. The van der Waals surface area contributed by atoms with E-state index in [0.717, 1.165) is 59.0 Å². The summed E-state index contributed by atoms with van der Waals surface area (Å²) in [4.78, 5) is 33.5. The molecule has 6 rings (SSSR count). The third-order valence-electron chi connectivity index (χ3n) is 10.1. The number of amides is 2. The van der Waals surface area contributed by atoms with Crippen LogP contribution in [0.3, 0.4) is 0 Å². The van der Waals surface area contributed by atoms with Gasteiger partial charge in [0.15, 0.2) is 0 Å². The van der Waals surface area contributed by atoms with Gasteiger partial charge in [0.05, 0.1) is 38.6 Å².